The molecule has 0 unspecified atom stereocenters. The van der Waals surface area contributed by atoms with Crippen molar-refractivity contribution in [1.82, 2.24) is 9.88 Å². The molecule has 1 aromatic rings. The highest BCUT2D eigenvalue weighted by atomic mass is 35.5. The molecule has 90 valence electrons. The number of nitro groups is 1. The van der Waals surface area contributed by atoms with Gasteiger partial charge in [-0.3, -0.25) is 0 Å². The van der Waals surface area contributed by atoms with Crippen molar-refractivity contribution < 1.29 is 5.03 Å². The van der Waals surface area contributed by atoms with Gasteiger partial charge in [-0.25, -0.2) is 15.1 Å². The lowest BCUT2D eigenvalue weighted by molar-refractivity contribution is -0.485. The third-order valence-electron chi connectivity index (χ3n) is 2.19. The van der Waals surface area contributed by atoms with Gasteiger partial charge in [-0.2, -0.15) is 0 Å². The van der Waals surface area contributed by atoms with Crippen LogP contribution in [-0.4, -0.2) is 32.4 Å². The van der Waals surface area contributed by atoms with Crippen molar-refractivity contribution in [2.45, 2.75) is 6.54 Å². The second kappa shape index (κ2) is 5.33. The van der Waals surface area contributed by atoms with Crippen LogP contribution in [-0.2, 0) is 6.54 Å². The third kappa shape index (κ3) is 3.31. The first-order valence-corrected chi connectivity index (χ1v) is 6.22. The van der Waals surface area contributed by atoms with E-state index in [0.29, 0.717) is 16.9 Å². The van der Waals surface area contributed by atoms with Crippen LogP contribution in [0.2, 0.25) is 5.15 Å². The van der Waals surface area contributed by atoms with Gasteiger partial charge in [0.2, 0.25) is 5.17 Å². The van der Waals surface area contributed by atoms with E-state index in [-0.39, 0.29) is 0 Å². The van der Waals surface area contributed by atoms with Gasteiger partial charge in [0.05, 0.1) is 5.10 Å². The number of amidine groups is 1. The van der Waals surface area contributed by atoms with Crippen LogP contribution in [0.4, 0.5) is 0 Å². The number of halogens is 1. The molecule has 0 atom stereocenters. The summed E-state index contributed by atoms with van der Waals surface area (Å²) in [6.45, 7) is 1.31. The molecule has 0 aliphatic carbocycles. The Labute approximate surface area is 107 Å². The number of hydrogen-bond acceptors (Lipinski definition) is 4. The van der Waals surface area contributed by atoms with Crippen LogP contribution in [0.25, 0.3) is 0 Å². The molecular weight excluding hydrogens is 264 g/mol. The van der Waals surface area contributed by atoms with Crippen molar-refractivity contribution in [2.75, 3.05) is 12.3 Å². The fourth-order valence-electron chi connectivity index (χ4n) is 1.46. The van der Waals surface area contributed by atoms with Gasteiger partial charge in [0, 0.05) is 25.0 Å². The van der Waals surface area contributed by atoms with E-state index in [2.05, 4.69) is 10.1 Å². The third-order valence-corrected chi connectivity index (χ3v) is 3.40. The Kier molecular flexibility index (Phi) is 3.80. The van der Waals surface area contributed by atoms with Crippen LogP contribution in [0.3, 0.4) is 0 Å². The minimum Gasteiger partial charge on any atom is -0.341 e. The van der Waals surface area contributed by atoms with E-state index in [9.17, 15) is 10.1 Å². The van der Waals surface area contributed by atoms with E-state index >= 15 is 0 Å². The van der Waals surface area contributed by atoms with E-state index in [0.717, 1.165) is 17.9 Å². The summed E-state index contributed by atoms with van der Waals surface area (Å²) < 4.78 is 0. The number of aromatic nitrogens is 1. The highest BCUT2D eigenvalue weighted by Crippen LogP contribution is 2.20. The topological polar surface area (TPSA) is 71.6 Å². The number of thioether (sulfide) groups is 1. The molecule has 0 N–H and O–H groups in total. The lowest BCUT2D eigenvalue weighted by Crippen LogP contribution is -2.24. The first kappa shape index (κ1) is 12.1. The summed E-state index contributed by atoms with van der Waals surface area (Å²) in [4.78, 5) is 16.2. The van der Waals surface area contributed by atoms with Crippen molar-refractivity contribution in [3.05, 3.63) is 39.2 Å². The molecule has 0 saturated carbocycles. The summed E-state index contributed by atoms with van der Waals surface area (Å²) in [7, 11) is 0. The van der Waals surface area contributed by atoms with E-state index in [1.54, 1.807) is 12.3 Å². The van der Waals surface area contributed by atoms with Gasteiger partial charge in [0.1, 0.15) is 5.15 Å². The Morgan fingerprint density at radius 3 is 3.12 bits per heavy atom. The molecule has 0 amide bonds. The van der Waals surface area contributed by atoms with Crippen molar-refractivity contribution >= 4 is 28.5 Å². The second-order valence-electron chi connectivity index (χ2n) is 3.38. The van der Waals surface area contributed by atoms with E-state index < -0.39 is 5.03 Å². The Morgan fingerprint density at radius 1 is 1.65 bits per heavy atom. The molecule has 1 aromatic heterocycles. The molecule has 2 heterocycles. The normalized spacial score (nSPS) is 17.7. The first-order valence-electron chi connectivity index (χ1n) is 4.86. The molecule has 0 aromatic carbocycles. The maximum Gasteiger partial charge on any atom is 0.238 e. The van der Waals surface area contributed by atoms with E-state index in [1.807, 2.05) is 11.0 Å². The minimum atomic E-state index is -0.666. The highest BCUT2D eigenvalue weighted by molar-refractivity contribution is 8.14. The molecule has 1 aliphatic heterocycles. The van der Waals surface area contributed by atoms with Gasteiger partial charge < -0.3 is 4.90 Å². The standard InChI is InChI=1S/C9H9ClN4O2S/c10-8-2-1-7(5-11-8)6-13-3-4-17-9(13)12-14(15)16/h1-2,5H,3-4,6H2/b12-9-. The second-order valence-corrected chi connectivity index (χ2v) is 4.83. The maximum absolute atomic E-state index is 10.3. The van der Waals surface area contributed by atoms with Gasteiger partial charge in [0.25, 0.3) is 0 Å². The SMILES string of the molecule is O=[N+]([O-])/N=C1\SCCN1Cc1ccc(Cl)nc1. The fraction of sp³-hybridized carbons (Fsp3) is 0.333. The summed E-state index contributed by atoms with van der Waals surface area (Å²) in [5, 5.41) is 13.9. The summed E-state index contributed by atoms with van der Waals surface area (Å²) in [6.07, 6.45) is 1.66. The van der Waals surface area contributed by atoms with Gasteiger partial charge in [-0.1, -0.05) is 29.4 Å². The quantitative estimate of drug-likeness (QED) is 0.477. The average molecular weight is 273 g/mol. The number of hydrogen-bond donors (Lipinski definition) is 0. The lowest BCUT2D eigenvalue weighted by atomic mass is 10.3. The molecule has 17 heavy (non-hydrogen) atoms. The van der Waals surface area contributed by atoms with Crippen molar-refractivity contribution in [3.63, 3.8) is 0 Å². The number of hydrazone groups is 1. The van der Waals surface area contributed by atoms with Crippen LogP contribution in [0, 0.1) is 10.1 Å². The Morgan fingerprint density at radius 2 is 2.47 bits per heavy atom. The summed E-state index contributed by atoms with van der Waals surface area (Å²) >= 11 is 7.07. The van der Waals surface area contributed by atoms with Crippen LogP contribution in [0.1, 0.15) is 5.56 Å². The zero-order valence-corrected chi connectivity index (χ0v) is 10.3. The molecule has 2 rings (SSSR count). The molecule has 0 spiro atoms. The van der Waals surface area contributed by atoms with Crippen molar-refractivity contribution in [2.24, 2.45) is 5.10 Å². The summed E-state index contributed by atoms with van der Waals surface area (Å²) in [5.74, 6) is 0.813. The maximum atomic E-state index is 10.3. The predicted octanol–water partition coefficient (Wildman–Crippen LogP) is 1.83. The molecular formula is C9H9ClN4O2S. The molecule has 1 fully saturated rings. The minimum absolute atomic E-state index is 0.434. The van der Waals surface area contributed by atoms with Crippen LogP contribution >= 0.6 is 23.4 Å². The predicted molar refractivity (Wildman–Crippen MR) is 66.5 cm³/mol. The molecule has 1 aliphatic rings. The molecule has 0 radical (unpaired) electrons. The van der Waals surface area contributed by atoms with Gasteiger partial charge in [-0.15, -0.1) is 0 Å². The number of rotatable bonds is 3. The summed E-state index contributed by atoms with van der Waals surface area (Å²) in [5.41, 5.74) is 0.952. The molecule has 6 nitrogen and oxygen atoms in total. The van der Waals surface area contributed by atoms with Crippen molar-refractivity contribution in [3.8, 4) is 0 Å². The lowest BCUT2D eigenvalue weighted by Gasteiger charge is -2.15. The van der Waals surface area contributed by atoms with Gasteiger partial charge in [-0.05, 0) is 11.6 Å². The van der Waals surface area contributed by atoms with E-state index in [1.165, 1.54) is 11.8 Å². The largest absolute Gasteiger partial charge is 0.341 e. The van der Waals surface area contributed by atoms with Crippen LogP contribution < -0.4 is 0 Å². The molecule has 1 saturated heterocycles. The Balaban J connectivity index is 2.07. The zero-order chi connectivity index (χ0) is 12.3. The fourth-order valence-corrected chi connectivity index (χ4v) is 2.53. The van der Waals surface area contributed by atoms with Gasteiger partial charge >= 0.3 is 0 Å². The molecule has 0 bridgehead atoms. The Bertz CT molecular complexity index is 451. The zero-order valence-electron chi connectivity index (χ0n) is 8.74. The Hall–Kier alpha value is -1.34. The number of nitrogens with zero attached hydrogens (tertiary/aromatic N) is 4. The highest BCUT2D eigenvalue weighted by Gasteiger charge is 2.22. The average Bonchev–Trinajstić information content (AvgIpc) is 2.68. The first-order chi connectivity index (χ1) is 8.15. The van der Waals surface area contributed by atoms with Gasteiger partial charge in [0.15, 0.2) is 5.03 Å². The van der Waals surface area contributed by atoms with Crippen LogP contribution in [0.5, 0.6) is 0 Å². The number of pyridine rings is 1. The van der Waals surface area contributed by atoms with E-state index in [4.69, 9.17) is 11.6 Å². The summed E-state index contributed by atoms with van der Waals surface area (Å²) in [6, 6.07) is 3.55. The van der Waals surface area contributed by atoms with Crippen molar-refractivity contribution in [1.29, 1.82) is 0 Å². The molecule has 8 heteroatoms. The van der Waals surface area contributed by atoms with Crippen LogP contribution in [0.15, 0.2) is 23.4 Å². The smallest absolute Gasteiger partial charge is 0.238 e. The monoisotopic (exact) mass is 272 g/mol.